The van der Waals surface area contributed by atoms with Gasteiger partial charge in [-0.05, 0) is 6.42 Å². The molecule has 0 saturated carbocycles. The maximum Gasteiger partial charge on any atom is 0.303 e. The third-order valence-electron chi connectivity index (χ3n) is 2.20. The van der Waals surface area contributed by atoms with E-state index in [0.29, 0.717) is 0 Å². The lowest BCUT2D eigenvalue weighted by Crippen LogP contribution is -2.44. The van der Waals surface area contributed by atoms with Crippen LogP contribution in [0.2, 0.25) is 0 Å². The Bertz CT molecular complexity index is 381. The summed E-state index contributed by atoms with van der Waals surface area (Å²) in [6.07, 6.45) is -4.73. The number of alkyl halides is 1. The fourth-order valence-electron chi connectivity index (χ4n) is 1.48. The van der Waals surface area contributed by atoms with E-state index >= 15 is 0 Å². The van der Waals surface area contributed by atoms with E-state index < -0.39 is 36.9 Å². The summed E-state index contributed by atoms with van der Waals surface area (Å²) in [5.74, 6) is -1.52. The molecule has 0 amide bonds. The Kier molecular flexibility index (Phi) is 8.67. The van der Waals surface area contributed by atoms with Gasteiger partial charge in [0.15, 0.2) is 12.2 Å². The second-order valence-electron chi connectivity index (χ2n) is 3.86. The molecule has 0 radical (unpaired) electrons. The minimum absolute atomic E-state index is 0.0970. The lowest BCUT2D eigenvalue weighted by Gasteiger charge is -2.27. The number of halogens is 1. The van der Waals surface area contributed by atoms with Gasteiger partial charge >= 0.3 is 11.9 Å². The predicted molar refractivity (Wildman–Crippen MR) is 62.9 cm³/mol. The second-order valence-corrected chi connectivity index (χ2v) is 3.86. The van der Waals surface area contributed by atoms with Crippen molar-refractivity contribution in [3.05, 3.63) is 0 Å². The summed E-state index contributed by atoms with van der Waals surface area (Å²) in [5, 5.41) is 8.42. The third kappa shape index (κ3) is 7.31. The molecule has 0 aromatic heterocycles. The Morgan fingerprint density at radius 3 is 2.35 bits per heavy atom. The van der Waals surface area contributed by atoms with Crippen molar-refractivity contribution < 1.29 is 33.0 Å². The Hall–Kier alpha value is -2.17. The average Bonchev–Trinajstić information content (AvgIpc) is 2.37. The van der Waals surface area contributed by atoms with E-state index in [1.54, 1.807) is 6.07 Å². The van der Waals surface area contributed by atoms with Crippen LogP contribution >= 0.6 is 0 Å². The van der Waals surface area contributed by atoms with Crippen molar-refractivity contribution in [2.45, 2.75) is 45.1 Å². The highest BCUT2D eigenvalue weighted by molar-refractivity contribution is 5.67. The zero-order chi connectivity index (χ0) is 15.5. The minimum atomic E-state index is -1.72. The zero-order valence-corrected chi connectivity index (χ0v) is 11.2. The predicted octanol–water partition coefficient (Wildman–Crippen LogP) is 0.665. The monoisotopic (exact) mass is 289 g/mol. The Labute approximate surface area is 115 Å². The average molecular weight is 289 g/mol. The van der Waals surface area contributed by atoms with Crippen LogP contribution in [0.25, 0.3) is 0 Å². The van der Waals surface area contributed by atoms with Crippen molar-refractivity contribution in [3.8, 4) is 6.07 Å². The molecular formula is C12H16FNO6. The Morgan fingerprint density at radius 2 is 1.90 bits per heavy atom. The first-order chi connectivity index (χ1) is 9.42. The van der Waals surface area contributed by atoms with Gasteiger partial charge in [0.25, 0.3) is 6.47 Å². The molecule has 0 spiro atoms. The molecule has 0 N–H and O–H groups in total. The van der Waals surface area contributed by atoms with Gasteiger partial charge in [0.1, 0.15) is 12.8 Å². The molecule has 0 heterocycles. The van der Waals surface area contributed by atoms with Crippen LogP contribution in [-0.2, 0) is 28.6 Å². The van der Waals surface area contributed by atoms with E-state index in [1.165, 1.54) is 0 Å². The quantitative estimate of drug-likeness (QED) is 0.349. The molecule has 8 heteroatoms. The van der Waals surface area contributed by atoms with Crippen molar-refractivity contribution in [2.24, 2.45) is 0 Å². The highest BCUT2D eigenvalue weighted by Gasteiger charge is 2.35. The number of esters is 2. The van der Waals surface area contributed by atoms with Crippen LogP contribution in [0, 0.1) is 11.3 Å². The van der Waals surface area contributed by atoms with Gasteiger partial charge in [-0.25, -0.2) is 4.39 Å². The Balaban J connectivity index is 4.96. The van der Waals surface area contributed by atoms with E-state index in [1.807, 2.05) is 0 Å². The van der Waals surface area contributed by atoms with Gasteiger partial charge in [-0.1, -0.05) is 0 Å². The molecule has 0 aromatic rings. The first kappa shape index (κ1) is 17.8. The van der Waals surface area contributed by atoms with E-state index in [0.717, 1.165) is 13.8 Å². The lowest BCUT2D eigenvalue weighted by molar-refractivity contribution is -0.176. The first-order valence-electron chi connectivity index (χ1n) is 5.83. The number of nitrogens with zero attached hydrogens (tertiary/aromatic N) is 1. The summed E-state index contributed by atoms with van der Waals surface area (Å²) in [4.78, 5) is 32.1. The standard InChI is InChI=1S/C12H16FNO6/c1-8(16)19-11(6-18-7-15)12(20-9(2)17)10(13)4-3-5-14/h7,10-12H,3-4,6H2,1-2H3/t10-,11-,12+/m0/s1. The molecule has 0 saturated heterocycles. The van der Waals surface area contributed by atoms with E-state index in [9.17, 15) is 18.8 Å². The number of ether oxygens (including phenoxy) is 3. The molecule has 0 rings (SSSR count). The maximum atomic E-state index is 14.0. The maximum absolute atomic E-state index is 14.0. The van der Waals surface area contributed by atoms with E-state index in [2.05, 4.69) is 4.74 Å². The number of hydrogen-bond acceptors (Lipinski definition) is 7. The van der Waals surface area contributed by atoms with Crippen LogP contribution in [0.3, 0.4) is 0 Å². The molecule has 0 aliphatic heterocycles. The van der Waals surface area contributed by atoms with Crippen LogP contribution in [-0.4, -0.2) is 43.4 Å². The SMILES string of the molecule is CC(=O)O[C@@H]([C@H](COC=O)OC(C)=O)[C@@H](F)CCC#N. The molecule has 0 aromatic carbocycles. The molecule has 112 valence electrons. The summed E-state index contributed by atoms with van der Waals surface area (Å²) in [7, 11) is 0. The number of nitriles is 1. The van der Waals surface area contributed by atoms with Crippen LogP contribution in [0.15, 0.2) is 0 Å². The molecule has 0 aliphatic rings. The van der Waals surface area contributed by atoms with Crippen LogP contribution in [0.4, 0.5) is 4.39 Å². The van der Waals surface area contributed by atoms with Crippen molar-refractivity contribution in [1.82, 2.24) is 0 Å². The normalized spacial score (nSPS) is 14.3. The van der Waals surface area contributed by atoms with Crippen molar-refractivity contribution in [2.75, 3.05) is 6.61 Å². The van der Waals surface area contributed by atoms with Crippen molar-refractivity contribution in [3.63, 3.8) is 0 Å². The van der Waals surface area contributed by atoms with Gasteiger partial charge in [0, 0.05) is 20.3 Å². The molecule has 0 unspecified atom stereocenters. The summed E-state index contributed by atoms with van der Waals surface area (Å²) >= 11 is 0. The minimum Gasteiger partial charge on any atom is -0.464 e. The molecule has 0 aliphatic carbocycles. The summed E-state index contributed by atoms with van der Waals surface area (Å²) in [6, 6.07) is 1.75. The van der Waals surface area contributed by atoms with Crippen LogP contribution < -0.4 is 0 Å². The van der Waals surface area contributed by atoms with Crippen molar-refractivity contribution in [1.29, 1.82) is 5.26 Å². The summed E-state index contributed by atoms with van der Waals surface area (Å²) in [6.45, 7) is 1.80. The molecular weight excluding hydrogens is 273 g/mol. The van der Waals surface area contributed by atoms with Gasteiger partial charge in [0.05, 0.1) is 6.07 Å². The highest BCUT2D eigenvalue weighted by atomic mass is 19.1. The van der Waals surface area contributed by atoms with Gasteiger partial charge < -0.3 is 14.2 Å². The lowest BCUT2D eigenvalue weighted by atomic mass is 10.0. The molecule has 3 atom stereocenters. The van der Waals surface area contributed by atoms with E-state index in [-0.39, 0.29) is 19.3 Å². The number of hydrogen-bond donors (Lipinski definition) is 0. The molecule has 0 fully saturated rings. The zero-order valence-electron chi connectivity index (χ0n) is 11.2. The molecule has 7 nitrogen and oxygen atoms in total. The first-order valence-corrected chi connectivity index (χ1v) is 5.83. The second kappa shape index (κ2) is 9.72. The number of rotatable bonds is 9. The van der Waals surface area contributed by atoms with Gasteiger partial charge in [-0.15, -0.1) is 0 Å². The number of carbonyl (C=O) groups is 3. The van der Waals surface area contributed by atoms with Crippen LogP contribution in [0.5, 0.6) is 0 Å². The fourth-order valence-corrected chi connectivity index (χ4v) is 1.48. The van der Waals surface area contributed by atoms with Crippen molar-refractivity contribution >= 4 is 18.4 Å². The van der Waals surface area contributed by atoms with E-state index in [4.69, 9.17) is 14.7 Å². The smallest absolute Gasteiger partial charge is 0.303 e. The van der Waals surface area contributed by atoms with Gasteiger partial charge in [0.2, 0.25) is 0 Å². The Morgan fingerprint density at radius 1 is 1.30 bits per heavy atom. The number of carbonyl (C=O) groups excluding carboxylic acids is 3. The molecule has 0 bridgehead atoms. The summed E-state index contributed by atoms with van der Waals surface area (Å²) in [5.41, 5.74) is 0. The largest absolute Gasteiger partial charge is 0.464 e. The highest BCUT2D eigenvalue weighted by Crippen LogP contribution is 2.17. The fraction of sp³-hybridized carbons (Fsp3) is 0.667. The van der Waals surface area contributed by atoms with Gasteiger partial charge in [-0.3, -0.25) is 14.4 Å². The third-order valence-corrected chi connectivity index (χ3v) is 2.20. The van der Waals surface area contributed by atoms with Gasteiger partial charge in [-0.2, -0.15) is 5.26 Å². The summed E-state index contributed by atoms with van der Waals surface area (Å²) < 4.78 is 28.0. The van der Waals surface area contributed by atoms with Crippen LogP contribution in [0.1, 0.15) is 26.7 Å². The topological polar surface area (TPSA) is 103 Å². The molecule has 20 heavy (non-hydrogen) atoms.